The Hall–Kier alpha value is -1.92. The lowest BCUT2D eigenvalue weighted by atomic mass is 10.0. The van der Waals surface area contributed by atoms with E-state index in [1.54, 1.807) is 0 Å². The number of hydrogen-bond donors (Lipinski definition) is 3. The Morgan fingerprint density at radius 2 is 1.79 bits per heavy atom. The molecule has 0 unspecified atom stereocenters. The lowest BCUT2D eigenvalue weighted by molar-refractivity contribution is -1.00. The van der Waals surface area contributed by atoms with Gasteiger partial charge in [-0.3, -0.25) is 9.59 Å². The van der Waals surface area contributed by atoms with Crippen LogP contribution in [0.5, 0.6) is 0 Å². The van der Waals surface area contributed by atoms with Crippen molar-refractivity contribution in [2.24, 2.45) is 5.92 Å². The Bertz CT molecular complexity index is 670. The molecule has 1 aromatic carbocycles. The summed E-state index contributed by atoms with van der Waals surface area (Å²) in [6.07, 6.45) is 3.29. The highest BCUT2D eigenvalue weighted by Gasteiger charge is 2.29. The number of carbonyl (C=O) groups is 2. The topological polar surface area (TPSA) is 58.3 Å². The molecule has 2 amide bonds. The summed E-state index contributed by atoms with van der Waals surface area (Å²) < 4.78 is 0. The molecular weight excluding hydrogens is 352 g/mol. The minimum Gasteiger partial charge on any atom is -0.338 e. The number of piperazine rings is 1. The molecule has 3 N–H and O–H groups in total. The maximum absolute atomic E-state index is 12.6. The summed E-state index contributed by atoms with van der Waals surface area (Å²) in [5.41, 5.74) is 2.10. The summed E-state index contributed by atoms with van der Waals surface area (Å²) in [6, 6.07) is 8.00. The number of nitrogens with zero attached hydrogens (tertiary/aromatic N) is 1. The van der Waals surface area contributed by atoms with E-state index in [1.807, 2.05) is 18.2 Å². The lowest BCUT2D eigenvalue weighted by Gasteiger charge is -2.33. The van der Waals surface area contributed by atoms with Gasteiger partial charge in [0, 0.05) is 18.8 Å². The van der Waals surface area contributed by atoms with Gasteiger partial charge in [-0.2, -0.15) is 0 Å². The molecule has 1 atom stereocenters. The molecule has 1 aromatic rings. The summed E-state index contributed by atoms with van der Waals surface area (Å²) in [5.74, 6) is 1.02. The predicted molar refractivity (Wildman–Crippen MR) is 111 cm³/mol. The van der Waals surface area contributed by atoms with Crippen molar-refractivity contribution in [3.05, 3.63) is 29.8 Å². The fourth-order valence-electron chi connectivity index (χ4n) is 4.42. The van der Waals surface area contributed by atoms with Crippen molar-refractivity contribution in [2.45, 2.75) is 33.1 Å². The van der Waals surface area contributed by atoms with Crippen LogP contribution in [0.4, 0.5) is 5.69 Å². The summed E-state index contributed by atoms with van der Waals surface area (Å²) in [6.45, 7) is 11.1. The van der Waals surface area contributed by atoms with E-state index in [4.69, 9.17) is 0 Å². The van der Waals surface area contributed by atoms with Crippen LogP contribution in [-0.2, 0) is 16.0 Å². The van der Waals surface area contributed by atoms with Gasteiger partial charge in [0.15, 0.2) is 13.1 Å². The van der Waals surface area contributed by atoms with Crippen molar-refractivity contribution in [1.29, 1.82) is 0 Å². The summed E-state index contributed by atoms with van der Waals surface area (Å²) in [7, 11) is 0. The first-order chi connectivity index (χ1) is 13.5. The van der Waals surface area contributed by atoms with Gasteiger partial charge in [0.05, 0.1) is 0 Å². The third kappa shape index (κ3) is 5.79. The highest BCUT2D eigenvalue weighted by molar-refractivity contribution is 5.92. The van der Waals surface area contributed by atoms with E-state index in [2.05, 4.69) is 30.1 Å². The fraction of sp³-hybridized carbons (Fsp3) is 0.636. The number of nitrogens with one attached hydrogen (secondary N) is 3. The quantitative estimate of drug-likeness (QED) is 0.599. The molecule has 2 aliphatic heterocycles. The van der Waals surface area contributed by atoms with Crippen LogP contribution in [0.15, 0.2) is 24.3 Å². The van der Waals surface area contributed by atoms with Crippen molar-refractivity contribution in [1.82, 2.24) is 4.90 Å². The Balaban J connectivity index is 1.40. The van der Waals surface area contributed by atoms with Gasteiger partial charge in [-0.15, -0.1) is 0 Å². The van der Waals surface area contributed by atoms with Crippen molar-refractivity contribution in [2.75, 3.05) is 57.7 Å². The van der Waals surface area contributed by atoms with Gasteiger partial charge in [-0.1, -0.05) is 32.0 Å². The molecule has 6 nitrogen and oxygen atoms in total. The number of para-hydroxylation sites is 1. The number of rotatable bonds is 6. The number of carbonyl (C=O) groups excluding carboxylic acids is 2. The summed E-state index contributed by atoms with van der Waals surface area (Å²) in [4.78, 5) is 29.7. The SMILES string of the molecule is CCc1ccccc1NC(=O)C[NH+]1CC[NH+](CC(=O)N2CCC[C@@H](C)C2)CC1. The average Bonchev–Trinajstić information content (AvgIpc) is 2.70. The van der Waals surface area contributed by atoms with Gasteiger partial charge in [0.2, 0.25) is 0 Å². The van der Waals surface area contributed by atoms with E-state index < -0.39 is 0 Å². The maximum Gasteiger partial charge on any atom is 0.279 e. The van der Waals surface area contributed by atoms with Crippen LogP contribution in [-0.4, -0.2) is 69.1 Å². The first-order valence-electron chi connectivity index (χ1n) is 10.9. The Morgan fingerprint density at radius 3 is 2.46 bits per heavy atom. The minimum absolute atomic E-state index is 0.0812. The van der Waals surface area contributed by atoms with Crippen molar-refractivity contribution >= 4 is 17.5 Å². The van der Waals surface area contributed by atoms with Crippen LogP contribution >= 0.6 is 0 Å². The number of hydrogen-bond acceptors (Lipinski definition) is 2. The van der Waals surface area contributed by atoms with Gasteiger partial charge < -0.3 is 20.0 Å². The lowest BCUT2D eigenvalue weighted by Crippen LogP contribution is -3.28. The molecule has 0 saturated carbocycles. The number of benzene rings is 1. The maximum atomic E-state index is 12.6. The molecule has 0 aliphatic carbocycles. The summed E-state index contributed by atoms with van der Waals surface area (Å²) in [5, 5.41) is 3.07. The van der Waals surface area contributed by atoms with Gasteiger partial charge in [0.1, 0.15) is 26.2 Å². The molecule has 6 heteroatoms. The molecule has 28 heavy (non-hydrogen) atoms. The largest absolute Gasteiger partial charge is 0.338 e. The van der Waals surface area contributed by atoms with E-state index in [0.29, 0.717) is 24.9 Å². The molecule has 0 spiro atoms. The number of anilines is 1. The zero-order chi connectivity index (χ0) is 19.9. The van der Waals surface area contributed by atoms with Crippen molar-refractivity contribution in [3.63, 3.8) is 0 Å². The van der Waals surface area contributed by atoms with Crippen LogP contribution in [0.3, 0.4) is 0 Å². The number of amides is 2. The number of piperidine rings is 1. The smallest absolute Gasteiger partial charge is 0.279 e. The molecule has 2 aliphatic rings. The summed E-state index contributed by atoms with van der Waals surface area (Å²) >= 11 is 0. The number of likely N-dealkylation sites (tertiary alicyclic amines) is 1. The van der Waals surface area contributed by atoms with Gasteiger partial charge in [-0.05, 0) is 36.8 Å². The predicted octanol–water partition coefficient (Wildman–Crippen LogP) is -0.771. The molecule has 2 saturated heterocycles. The number of quaternary nitrogens is 2. The van der Waals surface area contributed by atoms with E-state index in [9.17, 15) is 9.59 Å². The molecule has 3 rings (SSSR count). The minimum atomic E-state index is 0.0812. The van der Waals surface area contributed by atoms with Crippen LogP contribution in [0, 0.1) is 5.92 Å². The number of aryl methyl sites for hydroxylation is 1. The fourth-order valence-corrected chi connectivity index (χ4v) is 4.42. The van der Waals surface area contributed by atoms with E-state index in [1.165, 1.54) is 21.8 Å². The third-order valence-corrected chi connectivity index (χ3v) is 6.16. The highest BCUT2D eigenvalue weighted by atomic mass is 16.2. The molecule has 2 fully saturated rings. The first kappa shape index (κ1) is 20.8. The second kappa shape index (κ2) is 10.0. The standard InChI is InChI=1S/C22H34N4O2/c1-3-19-8-4-5-9-20(19)23-21(27)16-24-11-13-25(14-12-24)17-22(28)26-10-6-7-18(2)15-26/h4-5,8-9,18H,3,6-7,10-17H2,1-2H3,(H,23,27)/p+2/t18-/m1/s1. The molecule has 154 valence electrons. The molecule has 0 aromatic heterocycles. The van der Waals surface area contributed by atoms with Gasteiger partial charge in [0.25, 0.3) is 11.8 Å². The van der Waals surface area contributed by atoms with Crippen LogP contribution in [0.1, 0.15) is 32.3 Å². The third-order valence-electron chi connectivity index (χ3n) is 6.16. The molecule has 0 radical (unpaired) electrons. The van der Waals surface area contributed by atoms with Crippen molar-refractivity contribution < 1.29 is 19.4 Å². The Labute approximate surface area is 168 Å². The monoisotopic (exact) mass is 388 g/mol. The Kier molecular flexibility index (Phi) is 7.45. The van der Waals surface area contributed by atoms with Crippen LogP contribution in [0.25, 0.3) is 0 Å². The molecule has 2 heterocycles. The van der Waals surface area contributed by atoms with E-state index >= 15 is 0 Å². The average molecular weight is 389 g/mol. The zero-order valence-corrected chi connectivity index (χ0v) is 17.4. The first-order valence-corrected chi connectivity index (χ1v) is 10.9. The second-order valence-corrected chi connectivity index (χ2v) is 8.50. The van der Waals surface area contributed by atoms with Crippen molar-refractivity contribution in [3.8, 4) is 0 Å². The van der Waals surface area contributed by atoms with Gasteiger partial charge in [-0.25, -0.2) is 0 Å². The van der Waals surface area contributed by atoms with Crippen LogP contribution < -0.4 is 15.1 Å². The second-order valence-electron chi connectivity index (χ2n) is 8.50. The highest BCUT2D eigenvalue weighted by Crippen LogP contribution is 2.15. The molecular formula is C22H36N4O2+2. The van der Waals surface area contributed by atoms with E-state index in [0.717, 1.165) is 57.8 Å². The molecule has 0 bridgehead atoms. The van der Waals surface area contributed by atoms with Gasteiger partial charge >= 0.3 is 0 Å². The van der Waals surface area contributed by atoms with Crippen LogP contribution in [0.2, 0.25) is 0 Å². The normalized spacial score (nSPS) is 25.4. The van der Waals surface area contributed by atoms with E-state index in [-0.39, 0.29) is 5.91 Å². The zero-order valence-electron chi connectivity index (χ0n) is 17.4. The Morgan fingerprint density at radius 1 is 1.11 bits per heavy atom.